The Bertz CT molecular complexity index is 1600. The van der Waals surface area contributed by atoms with Crippen molar-refractivity contribution in [3.05, 3.63) is 121 Å². The largest absolute Gasteiger partial charge is 0.385 e. The Morgan fingerprint density at radius 1 is 0.933 bits per heavy atom. The molecule has 332 valence electrons. The van der Waals surface area contributed by atoms with Gasteiger partial charge in [-0.15, -0.1) is 0 Å². The van der Waals surface area contributed by atoms with Crippen molar-refractivity contribution in [3.8, 4) is 0 Å². The van der Waals surface area contributed by atoms with E-state index in [-0.39, 0.29) is 5.91 Å². The number of carbonyl (C=O) groups excluding carboxylic acids is 2. The van der Waals surface area contributed by atoms with Gasteiger partial charge in [-0.05, 0) is 82.2 Å². The van der Waals surface area contributed by atoms with E-state index < -0.39 is 0 Å². The van der Waals surface area contributed by atoms with Crippen LogP contribution in [0.1, 0.15) is 139 Å². The SMILES string of the molecule is C=C(Cn1nc(C(=O)N2CCN(c3ccccc3)CC2)cc1C=O)NC1CCCCC1.C=C/C=C(\C=C/CC)CC.CC/C=C\C=C/CCOC(CCC)[C@H](CCC)NC. The van der Waals surface area contributed by atoms with E-state index in [4.69, 9.17) is 4.74 Å². The summed E-state index contributed by atoms with van der Waals surface area (Å²) in [7, 11) is 2.04. The number of benzene rings is 1. The third-order valence-corrected chi connectivity index (χ3v) is 10.7. The minimum Gasteiger partial charge on any atom is -0.385 e. The zero-order chi connectivity index (χ0) is 43.8. The fraction of sp³-hybridized carbons (Fsp3) is 0.549. The average Bonchev–Trinajstić information content (AvgIpc) is 3.69. The van der Waals surface area contributed by atoms with E-state index in [9.17, 15) is 9.59 Å². The van der Waals surface area contributed by atoms with E-state index in [1.807, 2.05) is 42.3 Å². The molecule has 1 aromatic heterocycles. The highest BCUT2D eigenvalue weighted by atomic mass is 16.5. The van der Waals surface area contributed by atoms with E-state index in [0.29, 0.717) is 49.2 Å². The summed E-state index contributed by atoms with van der Waals surface area (Å²) in [5, 5.41) is 11.3. The van der Waals surface area contributed by atoms with Crippen molar-refractivity contribution in [3.63, 3.8) is 0 Å². The average molecular weight is 825 g/mol. The summed E-state index contributed by atoms with van der Waals surface area (Å²) in [4.78, 5) is 28.7. The molecule has 0 bridgehead atoms. The van der Waals surface area contributed by atoms with E-state index in [0.717, 1.165) is 76.6 Å². The second-order valence-electron chi connectivity index (χ2n) is 15.5. The topological polar surface area (TPSA) is 91.7 Å². The molecule has 2 aliphatic rings. The number of carbonyl (C=O) groups is 2. The number of ether oxygens (including phenoxy) is 1. The number of anilines is 1. The van der Waals surface area contributed by atoms with Gasteiger partial charge in [-0.25, -0.2) is 0 Å². The Balaban J connectivity index is 0.000000364. The summed E-state index contributed by atoms with van der Waals surface area (Å²) in [5.74, 6) is -0.125. The second-order valence-corrected chi connectivity index (χ2v) is 15.5. The van der Waals surface area contributed by atoms with Gasteiger partial charge in [-0.2, -0.15) is 5.10 Å². The highest BCUT2D eigenvalue weighted by Gasteiger charge is 2.25. The summed E-state index contributed by atoms with van der Waals surface area (Å²) in [6.07, 6.45) is 33.0. The lowest BCUT2D eigenvalue weighted by Crippen LogP contribution is -2.48. The molecular formula is C51H80N6O3. The molecule has 1 saturated heterocycles. The molecule has 9 nitrogen and oxygen atoms in total. The highest BCUT2D eigenvalue weighted by molar-refractivity contribution is 5.94. The van der Waals surface area contributed by atoms with Crippen molar-refractivity contribution in [2.45, 2.75) is 143 Å². The standard InChI is InChI=1S/C24H31N5O2.C17H33NO.C10H16/c1-19(25-20-8-4-2-5-9-20)17-29-22(18-30)16-23(26-29)24(31)28-14-12-27(13-15-28)21-10-6-3-7-11-21;1-5-8-9-10-11-12-15-19-17(14-7-3)16(18-4)13-6-2;1-4-7-9-10(6-3)8-5-2/h3,6-7,10-11,16,18,20,25H,1-2,4-5,8-9,12-15,17H2;8-11,16-18H,5-7,12-15H2,1-4H3;5,7-9H,2,4,6H2,1,3H3/b;9-8-,11-10-;9-7-,10-8-/t;16-,17?;/m.0./s1. The maximum atomic E-state index is 13.0. The van der Waals surface area contributed by atoms with Crippen LogP contribution in [0.2, 0.25) is 0 Å². The van der Waals surface area contributed by atoms with Crippen molar-refractivity contribution in [2.24, 2.45) is 0 Å². The van der Waals surface area contributed by atoms with Crippen LogP contribution in [-0.2, 0) is 11.3 Å². The molecule has 1 unspecified atom stereocenters. The minimum absolute atomic E-state index is 0.125. The van der Waals surface area contributed by atoms with Crippen LogP contribution >= 0.6 is 0 Å². The number of allylic oxidation sites excluding steroid dienone is 9. The number of nitrogens with one attached hydrogen (secondary N) is 2. The summed E-state index contributed by atoms with van der Waals surface area (Å²) in [5.41, 5.74) is 4.06. The molecule has 2 N–H and O–H groups in total. The van der Waals surface area contributed by atoms with Crippen LogP contribution in [0.4, 0.5) is 5.69 Å². The van der Waals surface area contributed by atoms with Crippen LogP contribution in [0, 0.1) is 0 Å². The number of likely N-dealkylation sites (N-methyl/N-ethyl adjacent to an activating group) is 1. The first-order valence-corrected chi connectivity index (χ1v) is 22.9. The first-order valence-electron chi connectivity index (χ1n) is 22.9. The summed E-state index contributed by atoms with van der Waals surface area (Å²) >= 11 is 0. The Labute approximate surface area is 364 Å². The van der Waals surface area contributed by atoms with Gasteiger partial charge in [0.1, 0.15) is 5.69 Å². The van der Waals surface area contributed by atoms with Crippen LogP contribution < -0.4 is 15.5 Å². The van der Waals surface area contributed by atoms with Gasteiger partial charge in [0.15, 0.2) is 12.0 Å². The Kier molecular flexibility index (Phi) is 27.8. The van der Waals surface area contributed by atoms with Gasteiger partial charge in [0, 0.05) is 49.6 Å². The van der Waals surface area contributed by atoms with Crippen LogP contribution in [0.3, 0.4) is 0 Å². The number of nitrogens with zero attached hydrogens (tertiary/aromatic N) is 4. The van der Waals surface area contributed by atoms with E-state index in [2.05, 4.69) is 117 Å². The van der Waals surface area contributed by atoms with E-state index >= 15 is 0 Å². The van der Waals surface area contributed by atoms with Crippen LogP contribution in [0.5, 0.6) is 0 Å². The molecule has 1 aliphatic carbocycles. The molecule has 9 heteroatoms. The third kappa shape index (κ3) is 20.2. The molecule has 4 rings (SSSR count). The smallest absolute Gasteiger partial charge is 0.274 e. The van der Waals surface area contributed by atoms with Crippen molar-refractivity contribution in [1.82, 2.24) is 25.3 Å². The van der Waals surface area contributed by atoms with Gasteiger partial charge in [-0.1, -0.05) is 147 Å². The number of hydrogen-bond donors (Lipinski definition) is 2. The van der Waals surface area contributed by atoms with Gasteiger partial charge >= 0.3 is 0 Å². The van der Waals surface area contributed by atoms with Crippen LogP contribution in [0.25, 0.3) is 0 Å². The van der Waals surface area contributed by atoms with Crippen molar-refractivity contribution in [2.75, 3.05) is 44.7 Å². The molecule has 2 aromatic rings. The minimum atomic E-state index is -0.125. The Morgan fingerprint density at radius 3 is 2.22 bits per heavy atom. The van der Waals surface area contributed by atoms with Crippen molar-refractivity contribution in [1.29, 1.82) is 0 Å². The number of piperazine rings is 1. The van der Waals surface area contributed by atoms with Gasteiger partial charge in [-0.3, -0.25) is 14.3 Å². The van der Waals surface area contributed by atoms with Gasteiger partial charge in [0.2, 0.25) is 0 Å². The Morgan fingerprint density at radius 2 is 1.62 bits per heavy atom. The van der Waals surface area contributed by atoms with Gasteiger partial charge < -0.3 is 25.2 Å². The summed E-state index contributed by atoms with van der Waals surface area (Å²) in [6, 6.07) is 12.8. The number of aromatic nitrogens is 2. The quantitative estimate of drug-likeness (QED) is 0.0655. The van der Waals surface area contributed by atoms with Crippen LogP contribution in [-0.4, -0.2) is 84.9 Å². The first kappa shape index (κ1) is 51.7. The highest BCUT2D eigenvalue weighted by Crippen LogP contribution is 2.20. The zero-order valence-corrected chi connectivity index (χ0v) is 38.3. The molecule has 2 heterocycles. The van der Waals surface area contributed by atoms with Crippen LogP contribution in [0.15, 0.2) is 109 Å². The lowest BCUT2D eigenvalue weighted by Gasteiger charge is -2.35. The maximum Gasteiger partial charge on any atom is 0.274 e. The number of rotatable bonds is 23. The normalized spacial score (nSPS) is 15.9. The van der Waals surface area contributed by atoms with Crippen molar-refractivity contribution >= 4 is 17.9 Å². The number of aldehydes is 1. The molecule has 1 aromatic carbocycles. The predicted molar refractivity (Wildman–Crippen MR) is 255 cm³/mol. The number of amides is 1. The lowest BCUT2D eigenvalue weighted by molar-refractivity contribution is 0.0224. The fourth-order valence-electron chi connectivity index (χ4n) is 7.39. The number of hydrogen-bond acceptors (Lipinski definition) is 7. The molecule has 2 fully saturated rings. The molecule has 1 aliphatic heterocycles. The Hall–Kier alpha value is -4.47. The van der Waals surface area contributed by atoms with Gasteiger partial charge in [0.25, 0.3) is 5.91 Å². The summed E-state index contributed by atoms with van der Waals surface area (Å²) < 4.78 is 7.64. The number of para-hydroxylation sites is 1. The predicted octanol–water partition coefficient (Wildman–Crippen LogP) is 11.0. The lowest BCUT2D eigenvalue weighted by atomic mass is 9.95. The third-order valence-electron chi connectivity index (χ3n) is 10.7. The van der Waals surface area contributed by atoms with Gasteiger partial charge in [0.05, 0.1) is 19.3 Å². The molecule has 60 heavy (non-hydrogen) atoms. The fourth-order valence-corrected chi connectivity index (χ4v) is 7.39. The van der Waals surface area contributed by atoms with Crippen molar-refractivity contribution < 1.29 is 14.3 Å². The molecule has 0 radical (unpaired) electrons. The molecule has 2 atom stereocenters. The summed E-state index contributed by atoms with van der Waals surface area (Å²) in [6.45, 7) is 22.7. The van der Waals surface area contributed by atoms with E-state index in [1.54, 1.807) is 10.7 Å². The molecule has 1 amide bonds. The molecule has 0 spiro atoms. The van der Waals surface area contributed by atoms with E-state index in [1.165, 1.54) is 49.8 Å². The zero-order valence-electron chi connectivity index (χ0n) is 38.3. The maximum absolute atomic E-state index is 13.0. The monoisotopic (exact) mass is 825 g/mol. The second kappa shape index (κ2) is 32.3. The molecule has 1 saturated carbocycles. The molecular weight excluding hydrogens is 745 g/mol. The first-order chi connectivity index (χ1) is 29.3.